The number of ether oxygens (including phenoxy) is 1. The van der Waals surface area contributed by atoms with Crippen LogP contribution in [0.15, 0.2) is 72.8 Å². The molecule has 3 rings (SSSR count). The lowest BCUT2D eigenvalue weighted by Gasteiger charge is -2.17. The molecule has 0 amide bonds. The van der Waals surface area contributed by atoms with Crippen LogP contribution in [0.5, 0.6) is 17.2 Å². The van der Waals surface area contributed by atoms with Crippen LogP contribution in [0.4, 0.5) is 0 Å². The summed E-state index contributed by atoms with van der Waals surface area (Å²) >= 11 is 0. The first kappa shape index (κ1) is 16.6. The Labute approximate surface area is 146 Å². The van der Waals surface area contributed by atoms with Crippen LogP contribution < -0.4 is 4.74 Å². The summed E-state index contributed by atoms with van der Waals surface area (Å²) in [5, 5.41) is 19.1. The van der Waals surface area contributed by atoms with Gasteiger partial charge < -0.3 is 14.9 Å². The Morgan fingerprint density at radius 1 is 0.760 bits per heavy atom. The molecule has 0 spiro atoms. The Hall–Kier alpha value is -3.27. The van der Waals surface area contributed by atoms with E-state index in [-0.39, 0.29) is 17.3 Å². The van der Waals surface area contributed by atoms with Crippen molar-refractivity contribution in [3.8, 4) is 17.2 Å². The van der Waals surface area contributed by atoms with Crippen LogP contribution in [0, 0.1) is 0 Å². The van der Waals surface area contributed by atoms with Crippen LogP contribution in [-0.4, -0.2) is 23.1 Å². The second-order valence-electron chi connectivity index (χ2n) is 5.71. The van der Waals surface area contributed by atoms with Crippen LogP contribution in [0.3, 0.4) is 0 Å². The summed E-state index contributed by atoms with van der Waals surface area (Å²) in [6, 6.07) is 20.1. The molecule has 4 nitrogen and oxygen atoms in total. The van der Waals surface area contributed by atoms with Gasteiger partial charge >= 0.3 is 0 Å². The number of methoxy groups -OCH3 is 1. The molecule has 0 fully saturated rings. The number of hydrogen-bond donors (Lipinski definition) is 2. The molecule has 0 aliphatic rings. The first-order valence-electron chi connectivity index (χ1n) is 7.84. The molecule has 126 valence electrons. The summed E-state index contributed by atoms with van der Waals surface area (Å²) in [6.07, 6.45) is 0. The van der Waals surface area contributed by atoms with Gasteiger partial charge in [-0.25, -0.2) is 0 Å². The van der Waals surface area contributed by atoms with Crippen molar-refractivity contribution in [1.82, 2.24) is 0 Å². The highest BCUT2D eigenvalue weighted by Gasteiger charge is 2.24. The van der Waals surface area contributed by atoms with Gasteiger partial charge in [-0.05, 0) is 59.7 Å². The van der Waals surface area contributed by atoms with Gasteiger partial charge in [0.2, 0.25) is 0 Å². The number of carbonyl (C=O) groups excluding carboxylic acids is 1. The molecule has 0 unspecified atom stereocenters. The normalized spacial score (nSPS) is 10.6. The van der Waals surface area contributed by atoms with Crippen molar-refractivity contribution in [3.05, 3.63) is 89.5 Å². The molecule has 0 aliphatic carbocycles. The molecular weight excluding hydrogens is 316 g/mol. The lowest BCUT2D eigenvalue weighted by atomic mass is 9.85. The molecule has 0 heterocycles. The molecule has 0 aliphatic heterocycles. The summed E-state index contributed by atoms with van der Waals surface area (Å²) in [5.41, 5.74) is 2.10. The molecule has 3 aromatic carbocycles. The molecular formula is C21H18O4. The highest BCUT2D eigenvalue weighted by molar-refractivity contribution is 6.03. The standard InChI is InChI=1S/C21H18O4/c1-25-19-12-6-16(7-13-19)21(24)20(14-2-8-17(22)9-3-14)15-4-10-18(23)11-5-15/h2-13,20,22-23H,1H3. The third kappa shape index (κ3) is 3.63. The van der Waals surface area contributed by atoms with E-state index < -0.39 is 5.92 Å². The van der Waals surface area contributed by atoms with Crippen LogP contribution >= 0.6 is 0 Å². The van der Waals surface area contributed by atoms with Crippen molar-refractivity contribution in [3.63, 3.8) is 0 Å². The number of carbonyl (C=O) groups is 1. The lowest BCUT2D eigenvalue weighted by Crippen LogP contribution is -2.14. The van der Waals surface area contributed by atoms with Crippen molar-refractivity contribution in [2.24, 2.45) is 0 Å². The van der Waals surface area contributed by atoms with Gasteiger partial charge in [0.05, 0.1) is 13.0 Å². The first-order valence-corrected chi connectivity index (χ1v) is 7.84. The minimum Gasteiger partial charge on any atom is -0.508 e. The van der Waals surface area contributed by atoms with E-state index in [0.29, 0.717) is 11.3 Å². The van der Waals surface area contributed by atoms with Crippen LogP contribution in [0.25, 0.3) is 0 Å². The number of ketones is 1. The highest BCUT2D eigenvalue weighted by atomic mass is 16.5. The van der Waals surface area contributed by atoms with E-state index in [0.717, 1.165) is 11.1 Å². The third-order valence-electron chi connectivity index (χ3n) is 4.09. The van der Waals surface area contributed by atoms with Gasteiger partial charge in [-0.1, -0.05) is 24.3 Å². The number of Topliss-reactive ketones (excluding diaryl/α,β-unsaturated/α-hetero) is 1. The maximum atomic E-state index is 13.1. The zero-order valence-corrected chi connectivity index (χ0v) is 13.7. The molecule has 2 N–H and O–H groups in total. The fourth-order valence-corrected chi connectivity index (χ4v) is 2.75. The maximum Gasteiger partial charge on any atom is 0.174 e. The summed E-state index contributed by atoms with van der Waals surface area (Å²) in [6.45, 7) is 0. The molecule has 0 radical (unpaired) electrons. The van der Waals surface area contributed by atoms with E-state index >= 15 is 0 Å². The average Bonchev–Trinajstić information content (AvgIpc) is 2.65. The topological polar surface area (TPSA) is 66.8 Å². The zero-order valence-electron chi connectivity index (χ0n) is 13.7. The molecule has 25 heavy (non-hydrogen) atoms. The molecule has 0 saturated heterocycles. The minimum absolute atomic E-state index is 0.0703. The zero-order chi connectivity index (χ0) is 17.8. The van der Waals surface area contributed by atoms with Crippen LogP contribution in [-0.2, 0) is 0 Å². The largest absolute Gasteiger partial charge is 0.508 e. The van der Waals surface area contributed by atoms with E-state index in [1.807, 2.05) is 0 Å². The molecule has 0 atom stereocenters. The van der Waals surface area contributed by atoms with Crippen molar-refractivity contribution >= 4 is 5.78 Å². The van der Waals surface area contributed by atoms with Gasteiger partial charge in [0.25, 0.3) is 0 Å². The van der Waals surface area contributed by atoms with Crippen molar-refractivity contribution in [1.29, 1.82) is 0 Å². The summed E-state index contributed by atoms with van der Waals surface area (Å²) in [7, 11) is 1.58. The highest BCUT2D eigenvalue weighted by Crippen LogP contribution is 2.31. The van der Waals surface area contributed by atoms with Gasteiger partial charge in [-0.15, -0.1) is 0 Å². The van der Waals surface area contributed by atoms with Gasteiger partial charge in [0.1, 0.15) is 17.2 Å². The Morgan fingerprint density at radius 2 is 1.20 bits per heavy atom. The number of rotatable bonds is 5. The monoisotopic (exact) mass is 334 g/mol. The SMILES string of the molecule is COc1ccc(C(=O)C(c2ccc(O)cc2)c2ccc(O)cc2)cc1. The second kappa shape index (κ2) is 7.09. The molecule has 4 heteroatoms. The fourth-order valence-electron chi connectivity index (χ4n) is 2.75. The van der Waals surface area contributed by atoms with E-state index in [1.54, 1.807) is 79.9 Å². The van der Waals surface area contributed by atoms with Crippen LogP contribution in [0.2, 0.25) is 0 Å². The lowest BCUT2D eigenvalue weighted by molar-refractivity contribution is 0.0973. The summed E-state index contributed by atoms with van der Waals surface area (Å²) in [4.78, 5) is 13.1. The number of phenols is 2. The van der Waals surface area contributed by atoms with Crippen molar-refractivity contribution in [2.75, 3.05) is 7.11 Å². The second-order valence-corrected chi connectivity index (χ2v) is 5.71. The number of phenolic OH excluding ortho intramolecular Hbond substituents is 2. The third-order valence-corrected chi connectivity index (χ3v) is 4.09. The molecule has 0 saturated carbocycles. The van der Waals surface area contributed by atoms with Crippen molar-refractivity contribution in [2.45, 2.75) is 5.92 Å². The maximum absolute atomic E-state index is 13.1. The van der Waals surface area contributed by atoms with Gasteiger partial charge in [-0.2, -0.15) is 0 Å². The van der Waals surface area contributed by atoms with Crippen molar-refractivity contribution < 1.29 is 19.7 Å². The van der Waals surface area contributed by atoms with Crippen LogP contribution in [0.1, 0.15) is 27.4 Å². The fraction of sp³-hybridized carbons (Fsp3) is 0.0952. The van der Waals surface area contributed by atoms with E-state index in [9.17, 15) is 15.0 Å². The van der Waals surface area contributed by atoms with E-state index in [1.165, 1.54) is 0 Å². The Balaban J connectivity index is 2.04. The van der Waals surface area contributed by atoms with Gasteiger partial charge in [0.15, 0.2) is 5.78 Å². The molecule has 0 bridgehead atoms. The minimum atomic E-state index is -0.533. The average molecular weight is 334 g/mol. The Bertz CT molecular complexity index is 804. The number of benzene rings is 3. The van der Waals surface area contributed by atoms with Gasteiger partial charge in [0, 0.05) is 5.56 Å². The Kier molecular flexibility index (Phi) is 4.70. The Morgan fingerprint density at radius 3 is 1.60 bits per heavy atom. The predicted molar refractivity (Wildman–Crippen MR) is 95.4 cm³/mol. The summed E-state index contributed by atoms with van der Waals surface area (Å²) < 4.78 is 5.14. The quantitative estimate of drug-likeness (QED) is 0.689. The predicted octanol–water partition coefficient (Wildman–Crippen LogP) is 4.12. The molecule has 3 aromatic rings. The number of aromatic hydroxyl groups is 2. The van der Waals surface area contributed by atoms with E-state index in [2.05, 4.69) is 0 Å². The van der Waals surface area contributed by atoms with E-state index in [4.69, 9.17) is 4.74 Å². The number of hydrogen-bond acceptors (Lipinski definition) is 4. The smallest absolute Gasteiger partial charge is 0.174 e. The summed E-state index contributed by atoms with van der Waals surface area (Å²) in [5.74, 6) is 0.367. The van der Waals surface area contributed by atoms with Gasteiger partial charge in [-0.3, -0.25) is 4.79 Å². The molecule has 0 aromatic heterocycles. The first-order chi connectivity index (χ1) is 12.1.